The first-order valence-electron chi connectivity index (χ1n) is 6.94. The van der Waals surface area contributed by atoms with Gasteiger partial charge in [0, 0.05) is 31.0 Å². The number of aromatic nitrogens is 2. The summed E-state index contributed by atoms with van der Waals surface area (Å²) in [6, 6.07) is 6.01. The van der Waals surface area contributed by atoms with E-state index in [0.29, 0.717) is 43.3 Å². The van der Waals surface area contributed by atoms with Crippen LogP contribution in [0.25, 0.3) is 11.4 Å². The topological polar surface area (TPSA) is 67.4 Å². The van der Waals surface area contributed by atoms with Crippen LogP contribution in [0.4, 0.5) is 4.39 Å². The Labute approximate surface area is 126 Å². The van der Waals surface area contributed by atoms with E-state index in [1.807, 2.05) is 0 Å². The van der Waals surface area contributed by atoms with E-state index in [0.717, 1.165) is 0 Å². The lowest BCUT2D eigenvalue weighted by Gasteiger charge is -2.26. The first-order valence-corrected chi connectivity index (χ1v) is 6.94. The molecule has 1 saturated heterocycles. The summed E-state index contributed by atoms with van der Waals surface area (Å²) >= 11 is 0. The van der Waals surface area contributed by atoms with E-state index in [1.165, 1.54) is 24.5 Å². The fourth-order valence-electron chi connectivity index (χ4n) is 2.11. The summed E-state index contributed by atoms with van der Waals surface area (Å²) in [7, 11) is 0. The van der Waals surface area contributed by atoms with E-state index in [1.54, 1.807) is 17.1 Å². The number of halogens is 1. The average molecular weight is 302 g/mol. The zero-order chi connectivity index (χ0) is 15.4. The Morgan fingerprint density at radius 2 is 1.95 bits per heavy atom. The maximum Gasteiger partial charge on any atom is 0.268 e. The van der Waals surface area contributed by atoms with Gasteiger partial charge in [-0.25, -0.2) is 19.4 Å². The number of ether oxygens (including phenoxy) is 1. The minimum Gasteiger partial charge on any atom is -0.379 e. The minimum atomic E-state index is -0.352. The number of rotatable bonds is 3. The molecule has 1 aromatic heterocycles. The number of morpholine rings is 1. The van der Waals surface area contributed by atoms with Crippen LogP contribution in [0.3, 0.4) is 0 Å². The van der Waals surface area contributed by atoms with Crippen LogP contribution in [-0.2, 0) is 4.74 Å². The molecule has 1 fully saturated rings. The lowest BCUT2D eigenvalue weighted by atomic mass is 10.2. The van der Waals surface area contributed by atoms with Gasteiger partial charge in [-0.2, -0.15) is 0 Å². The summed E-state index contributed by atoms with van der Waals surface area (Å²) in [5.74, 6) is -0.245. The third-order valence-electron chi connectivity index (χ3n) is 3.27. The normalized spacial score (nSPS) is 15.5. The highest BCUT2D eigenvalue weighted by molar-refractivity contribution is 5.93. The van der Waals surface area contributed by atoms with Crippen molar-refractivity contribution < 1.29 is 13.9 Å². The van der Waals surface area contributed by atoms with E-state index in [2.05, 4.69) is 15.4 Å². The largest absolute Gasteiger partial charge is 0.379 e. The second-order valence-corrected chi connectivity index (χ2v) is 4.85. The van der Waals surface area contributed by atoms with Gasteiger partial charge in [-0.1, -0.05) is 12.1 Å². The monoisotopic (exact) mass is 302 g/mol. The zero-order valence-electron chi connectivity index (χ0n) is 11.8. The van der Waals surface area contributed by atoms with Gasteiger partial charge < -0.3 is 4.74 Å². The molecule has 0 aliphatic carbocycles. The number of hydrazine groups is 1. The molecule has 1 amide bonds. The molecule has 1 aromatic carbocycles. The van der Waals surface area contributed by atoms with Crippen molar-refractivity contribution in [2.24, 2.45) is 0 Å². The molecule has 0 saturated carbocycles. The van der Waals surface area contributed by atoms with Gasteiger partial charge in [0.15, 0.2) is 5.82 Å². The molecule has 1 N–H and O–H groups in total. The molecule has 1 aliphatic rings. The molecule has 0 bridgehead atoms. The molecular weight excluding hydrogens is 287 g/mol. The predicted octanol–water partition coefficient (Wildman–Crippen LogP) is 1.26. The molecule has 2 aromatic rings. The van der Waals surface area contributed by atoms with Crippen molar-refractivity contribution in [3.05, 3.63) is 48.0 Å². The molecule has 0 atom stereocenters. The van der Waals surface area contributed by atoms with Crippen LogP contribution < -0.4 is 5.43 Å². The molecule has 6 nitrogen and oxygen atoms in total. The van der Waals surface area contributed by atoms with E-state index >= 15 is 0 Å². The molecule has 22 heavy (non-hydrogen) atoms. The van der Waals surface area contributed by atoms with Crippen molar-refractivity contribution >= 4 is 5.91 Å². The van der Waals surface area contributed by atoms with Crippen LogP contribution in [0.15, 0.2) is 36.7 Å². The highest BCUT2D eigenvalue weighted by Crippen LogP contribution is 2.15. The third kappa shape index (κ3) is 3.44. The Morgan fingerprint density at radius 1 is 1.23 bits per heavy atom. The smallest absolute Gasteiger partial charge is 0.268 e. The number of nitrogens with zero attached hydrogens (tertiary/aromatic N) is 3. The molecule has 0 spiro atoms. The number of hydrogen-bond donors (Lipinski definition) is 1. The minimum absolute atomic E-state index is 0.271. The van der Waals surface area contributed by atoms with Gasteiger partial charge in [-0.15, -0.1) is 0 Å². The Bertz CT molecular complexity index is 657. The average Bonchev–Trinajstić information content (AvgIpc) is 2.56. The van der Waals surface area contributed by atoms with Crippen molar-refractivity contribution in [2.45, 2.75) is 0 Å². The van der Waals surface area contributed by atoms with Crippen molar-refractivity contribution in [3.63, 3.8) is 0 Å². The van der Waals surface area contributed by atoms with Crippen LogP contribution in [0.5, 0.6) is 0 Å². The van der Waals surface area contributed by atoms with Crippen molar-refractivity contribution in [1.82, 2.24) is 20.4 Å². The molecule has 114 valence electrons. The zero-order valence-corrected chi connectivity index (χ0v) is 11.8. The molecule has 0 radical (unpaired) electrons. The third-order valence-corrected chi connectivity index (χ3v) is 3.27. The van der Waals surface area contributed by atoms with E-state index in [4.69, 9.17) is 4.74 Å². The summed E-state index contributed by atoms with van der Waals surface area (Å²) in [5, 5.41) is 1.80. The number of amides is 1. The fraction of sp³-hybridized carbons (Fsp3) is 0.267. The number of nitrogens with one attached hydrogen (secondary N) is 1. The number of benzene rings is 1. The maximum atomic E-state index is 13.2. The summed E-state index contributed by atoms with van der Waals surface area (Å²) in [4.78, 5) is 20.3. The lowest BCUT2D eigenvalue weighted by Crippen LogP contribution is -2.48. The molecule has 0 unspecified atom stereocenters. The number of carbonyl (C=O) groups excluding carboxylic acids is 1. The van der Waals surface area contributed by atoms with Gasteiger partial charge in [0.25, 0.3) is 5.91 Å². The van der Waals surface area contributed by atoms with Crippen LogP contribution in [0, 0.1) is 5.82 Å². The fourth-order valence-corrected chi connectivity index (χ4v) is 2.11. The molecule has 1 aliphatic heterocycles. The number of hydrogen-bond acceptors (Lipinski definition) is 5. The van der Waals surface area contributed by atoms with Gasteiger partial charge >= 0.3 is 0 Å². The predicted molar refractivity (Wildman–Crippen MR) is 77.3 cm³/mol. The van der Waals surface area contributed by atoms with Gasteiger partial charge in [0.05, 0.1) is 18.8 Å². The van der Waals surface area contributed by atoms with Gasteiger partial charge in [-0.05, 0) is 12.1 Å². The SMILES string of the molecule is O=C(NN1CCOCC1)c1cnc(-c2cccc(F)c2)nc1. The van der Waals surface area contributed by atoms with Crippen LogP contribution in [-0.4, -0.2) is 47.2 Å². The van der Waals surface area contributed by atoms with Gasteiger partial charge in [0.1, 0.15) is 5.82 Å². The highest BCUT2D eigenvalue weighted by atomic mass is 19.1. The first kappa shape index (κ1) is 14.6. The second kappa shape index (κ2) is 6.59. The van der Waals surface area contributed by atoms with Crippen molar-refractivity contribution in [2.75, 3.05) is 26.3 Å². The number of carbonyl (C=O) groups is 1. The van der Waals surface area contributed by atoms with Crippen LogP contribution >= 0.6 is 0 Å². The second-order valence-electron chi connectivity index (χ2n) is 4.85. The molecule has 7 heteroatoms. The molecular formula is C15H15FN4O2. The Kier molecular flexibility index (Phi) is 4.36. The highest BCUT2D eigenvalue weighted by Gasteiger charge is 2.15. The van der Waals surface area contributed by atoms with Crippen molar-refractivity contribution in [3.8, 4) is 11.4 Å². The molecule has 2 heterocycles. The van der Waals surface area contributed by atoms with Crippen LogP contribution in [0.2, 0.25) is 0 Å². The van der Waals surface area contributed by atoms with E-state index in [9.17, 15) is 9.18 Å². The lowest BCUT2D eigenvalue weighted by molar-refractivity contribution is 0.0126. The molecule has 3 rings (SSSR count). The van der Waals surface area contributed by atoms with E-state index in [-0.39, 0.29) is 11.7 Å². The van der Waals surface area contributed by atoms with Gasteiger partial charge in [-0.3, -0.25) is 10.2 Å². The summed E-state index contributed by atoms with van der Waals surface area (Å²) in [6.07, 6.45) is 2.87. The summed E-state index contributed by atoms with van der Waals surface area (Å²) < 4.78 is 18.4. The Morgan fingerprint density at radius 3 is 2.64 bits per heavy atom. The Hall–Kier alpha value is -2.38. The summed E-state index contributed by atoms with van der Waals surface area (Å²) in [6.45, 7) is 2.48. The van der Waals surface area contributed by atoms with Crippen LogP contribution in [0.1, 0.15) is 10.4 Å². The quantitative estimate of drug-likeness (QED) is 0.924. The maximum absolute atomic E-state index is 13.2. The van der Waals surface area contributed by atoms with Gasteiger partial charge in [0.2, 0.25) is 0 Å². The van der Waals surface area contributed by atoms with E-state index < -0.39 is 0 Å². The Balaban J connectivity index is 1.69. The standard InChI is InChI=1S/C15H15FN4O2/c16-13-3-1-2-11(8-13)14-17-9-12(10-18-14)15(21)19-20-4-6-22-7-5-20/h1-3,8-10H,4-7H2,(H,19,21). The first-order chi connectivity index (χ1) is 10.7. The van der Waals surface area contributed by atoms with Crippen molar-refractivity contribution in [1.29, 1.82) is 0 Å². The summed E-state index contributed by atoms with van der Waals surface area (Å²) in [5.41, 5.74) is 3.70.